The average Bonchev–Trinajstić information content (AvgIpc) is 2.58. The number of piperidine rings is 1. The smallest absolute Gasteiger partial charge is 0.266 e. The van der Waals surface area contributed by atoms with Crippen molar-refractivity contribution < 1.29 is 0 Å². The highest BCUT2D eigenvalue weighted by atomic mass is 16.1. The first-order valence-electron chi connectivity index (χ1n) is 8.52. The second-order valence-corrected chi connectivity index (χ2v) is 6.71. The Bertz CT molecular complexity index is 697. The molecule has 1 aromatic heterocycles. The van der Waals surface area contributed by atoms with Gasteiger partial charge in [-0.3, -0.25) is 4.79 Å². The number of aromatic nitrogens is 2. The highest BCUT2D eigenvalue weighted by molar-refractivity contribution is 5.58. The van der Waals surface area contributed by atoms with Crippen molar-refractivity contribution in [2.75, 3.05) is 13.1 Å². The van der Waals surface area contributed by atoms with Crippen molar-refractivity contribution >= 4 is 0 Å². The normalized spacial score (nSPS) is 16.0. The molecule has 1 aliphatic heterocycles. The van der Waals surface area contributed by atoms with Gasteiger partial charge < -0.3 is 5.32 Å². The summed E-state index contributed by atoms with van der Waals surface area (Å²) in [6, 6.07) is 11.9. The summed E-state index contributed by atoms with van der Waals surface area (Å²) in [7, 11) is 0. The van der Waals surface area contributed by atoms with Crippen LogP contribution in [0.1, 0.15) is 38.2 Å². The Hall–Kier alpha value is -1.94. The minimum absolute atomic E-state index is 0.00826. The molecule has 0 spiro atoms. The zero-order valence-electron chi connectivity index (χ0n) is 14.0. The molecule has 1 fully saturated rings. The molecule has 0 unspecified atom stereocenters. The van der Waals surface area contributed by atoms with Crippen LogP contribution in [-0.4, -0.2) is 22.9 Å². The maximum Gasteiger partial charge on any atom is 0.266 e. The minimum atomic E-state index is -0.00826. The maximum absolute atomic E-state index is 12.1. The Morgan fingerprint density at radius 2 is 1.83 bits per heavy atom. The van der Waals surface area contributed by atoms with Gasteiger partial charge >= 0.3 is 0 Å². The van der Waals surface area contributed by atoms with Crippen LogP contribution >= 0.6 is 0 Å². The van der Waals surface area contributed by atoms with E-state index in [4.69, 9.17) is 0 Å². The SMILES string of the molecule is CC(C)c1ccc(-c2ccc(=O)n(CC3CCNCC3)n2)cc1. The summed E-state index contributed by atoms with van der Waals surface area (Å²) in [6.07, 6.45) is 2.23. The number of nitrogens with zero attached hydrogens (tertiary/aromatic N) is 2. The number of benzene rings is 1. The minimum Gasteiger partial charge on any atom is -0.317 e. The van der Waals surface area contributed by atoms with Crippen LogP contribution in [0.25, 0.3) is 11.3 Å². The van der Waals surface area contributed by atoms with Gasteiger partial charge in [-0.2, -0.15) is 5.10 Å². The fraction of sp³-hybridized carbons (Fsp3) is 0.474. The van der Waals surface area contributed by atoms with Gasteiger partial charge in [0.1, 0.15) is 0 Å². The zero-order chi connectivity index (χ0) is 16.2. The van der Waals surface area contributed by atoms with Gasteiger partial charge in [0.05, 0.1) is 5.69 Å². The number of hydrogen-bond donors (Lipinski definition) is 1. The molecular weight excluding hydrogens is 286 g/mol. The quantitative estimate of drug-likeness (QED) is 0.944. The number of hydrogen-bond acceptors (Lipinski definition) is 3. The summed E-state index contributed by atoms with van der Waals surface area (Å²) in [5, 5.41) is 7.95. The van der Waals surface area contributed by atoms with E-state index in [0.717, 1.165) is 43.7 Å². The lowest BCUT2D eigenvalue weighted by molar-refractivity contribution is 0.315. The first-order chi connectivity index (χ1) is 11.1. The summed E-state index contributed by atoms with van der Waals surface area (Å²) in [5.41, 5.74) is 3.24. The molecule has 4 nitrogen and oxygen atoms in total. The van der Waals surface area contributed by atoms with Crippen LogP contribution in [0.15, 0.2) is 41.2 Å². The molecule has 4 heteroatoms. The lowest BCUT2D eigenvalue weighted by Crippen LogP contribution is -2.33. The number of rotatable bonds is 4. The first-order valence-corrected chi connectivity index (χ1v) is 8.52. The van der Waals surface area contributed by atoms with Crippen LogP contribution in [0.3, 0.4) is 0 Å². The van der Waals surface area contributed by atoms with Crippen LogP contribution in [0.4, 0.5) is 0 Å². The summed E-state index contributed by atoms with van der Waals surface area (Å²) in [6.45, 7) is 7.17. The van der Waals surface area contributed by atoms with Gasteiger partial charge in [-0.15, -0.1) is 0 Å². The van der Waals surface area contributed by atoms with Gasteiger partial charge in [-0.1, -0.05) is 38.1 Å². The summed E-state index contributed by atoms with van der Waals surface area (Å²) in [5.74, 6) is 1.06. The Kier molecular flexibility index (Phi) is 4.91. The van der Waals surface area contributed by atoms with Gasteiger partial charge in [0, 0.05) is 18.2 Å². The second kappa shape index (κ2) is 7.09. The number of nitrogens with one attached hydrogen (secondary N) is 1. The van der Waals surface area contributed by atoms with Crippen molar-refractivity contribution in [3.8, 4) is 11.3 Å². The predicted octanol–water partition coefficient (Wildman–Crippen LogP) is 3.03. The third-order valence-electron chi connectivity index (χ3n) is 4.63. The van der Waals surface area contributed by atoms with E-state index >= 15 is 0 Å². The van der Waals surface area contributed by atoms with Gasteiger partial charge in [0.15, 0.2) is 0 Å². The van der Waals surface area contributed by atoms with Gasteiger partial charge in [-0.05, 0) is 49.4 Å². The van der Waals surface area contributed by atoms with Gasteiger partial charge in [0.25, 0.3) is 5.56 Å². The Morgan fingerprint density at radius 3 is 2.48 bits per heavy atom. The van der Waals surface area contributed by atoms with Gasteiger partial charge in [-0.25, -0.2) is 4.68 Å². The fourth-order valence-corrected chi connectivity index (χ4v) is 3.08. The van der Waals surface area contributed by atoms with E-state index in [2.05, 4.69) is 48.5 Å². The Morgan fingerprint density at radius 1 is 1.13 bits per heavy atom. The molecular formula is C19H25N3O. The summed E-state index contributed by atoms with van der Waals surface area (Å²) in [4.78, 5) is 12.1. The van der Waals surface area contributed by atoms with Crippen LogP contribution in [-0.2, 0) is 6.54 Å². The molecule has 0 radical (unpaired) electrons. The molecule has 0 saturated carbocycles. The topological polar surface area (TPSA) is 46.9 Å². The van der Waals surface area contributed by atoms with Crippen LogP contribution in [0.2, 0.25) is 0 Å². The second-order valence-electron chi connectivity index (χ2n) is 6.71. The van der Waals surface area contributed by atoms with Crippen molar-refractivity contribution in [3.05, 3.63) is 52.3 Å². The Labute approximate surface area is 137 Å². The van der Waals surface area contributed by atoms with Crippen molar-refractivity contribution in [2.45, 2.75) is 39.2 Å². The standard InChI is InChI=1S/C19H25N3O/c1-14(2)16-3-5-17(6-4-16)18-7-8-19(23)22(21-18)13-15-9-11-20-12-10-15/h3-8,14-15,20H,9-13H2,1-2H3. The molecule has 1 N–H and O–H groups in total. The molecule has 0 atom stereocenters. The average molecular weight is 311 g/mol. The monoisotopic (exact) mass is 311 g/mol. The molecule has 3 rings (SSSR count). The highest BCUT2D eigenvalue weighted by Crippen LogP contribution is 2.21. The van der Waals surface area contributed by atoms with E-state index in [0.29, 0.717) is 11.8 Å². The molecule has 23 heavy (non-hydrogen) atoms. The third-order valence-corrected chi connectivity index (χ3v) is 4.63. The zero-order valence-corrected chi connectivity index (χ0v) is 14.0. The lowest BCUT2D eigenvalue weighted by Gasteiger charge is -2.22. The Balaban J connectivity index is 1.82. The third kappa shape index (κ3) is 3.88. The van der Waals surface area contributed by atoms with E-state index in [1.165, 1.54) is 5.56 Å². The van der Waals surface area contributed by atoms with E-state index in [1.54, 1.807) is 10.7 Å². The lowest BCUT2D eigenvalue weighted by atomic mass is 9.98. The summed E-state index contributed by atoms with van der Waals surface area (Å²) >= 11 is 0. The van der Waals surface area contributed by atoms with E-state index < -0.39 is 0 Å². The fourth-order valence-electron chi connectivity index (χ4n) is 3.08. The van der Waals surface area contributed by atoms with Crippen LogP contribution in [0.5, 0.6) is 0 Å². The molecule has 2 heterocycles. The molecule has 0 amide bonds. The van der Waals surface area contributed by atoms with E-state index in [-0.39, 0.29) is 5.56 Å². The largest absolute Gasteiger partial charge is 0.317 e. The predicted molar refractivity (Wildman–Crippen MR) is 93.6 cm³/mol. The molecule has 1 aliphatic rings. The van der Waals surface area contributed by atoms with Gasteiger partial charge in [0.2, 0.25) is 0 Å². The molecule has 0 aliphatic carbocycles. The van der Waals surface area contributed by atoms with Crippen LogP contribution < -0.4 is 10.9 Å². The highest BCUT2D eigenvalue weighted by Gasteiger charge is 2.15. The van der Waals surface area contributed by atoms with Crippen molar-refractivity contribution in [1.82, 2.24) is 15.1 Å². The molecule has 2 aromatic rings. The van der Waals surface area contributed by atoms with Crippen molar-refractivity contribution in [1.29, 1.82) is 0 Å². The molecule has 1 saturated heterocycles. The first kappa shape index (κ1) is 15.9. The summed E-state index contributed by atoms with van der Waals surface area (Å²) < 4.78 is 1.64. The molecule has 0 bridgehead atoms. The molecule has 1 aromatic carbocycles. The maximum atomic E-state index is 12.1. The molecule has 122 valence electrons. The van der Waals surface area contributed by atoms with Crippen LogP contribution in [0, 0.1) is 5.92 Å². The van der Waals surface area contributed by atoms with E-state index in [9.17, 15) is 4.79 Å². The van der Waals surface area contributed by atoms with Crippen molar-refractivity contribution in [3.63, 3.8) is 0 Å². The van der Waals surface area contributed by atoms with E-state index in [1.807, 2.05) is 6.07 Å². The van der Waals surface area contributed by atoms with Crippen molar-refractivity contribution in [2.24, 2.45) is 5.92 Å².